The molecule has 2 aromatic heterocycles. The van der Waals surface area contributed by atoms with Gasteiger partial charge in [0.15, 0.2) is 0 Å². The van der Waals surface area contributed by atoms with Crippen LogP contribution in [0, 0.1) is 0 Å². The number of halogens is 1. The quantitative estimate of drug-likeness (QED) is 0.773. The molecule has 0 aliphatic heterocycles. The molecule has 2 heterocycles. The van der Waals surface area contributed by atoms with Crippen LogP contribution in [0.1, 0.15) is 16.7 Å². The standard InChI is InChI=1S/C15H12BrNOS/c16-12-6-8-19-14(12)9-13(18)15-11-4-2-1-3-10(11)5-7-17-15/h1-8,13,18H,9H2. The fraction of sp³-hybridized carbons (Fsp3) is 0.133. The molecule has 3 rings (SSSR count). The summed E-state index contributed by atoms with van der Waals surface area (Å²) in [7, 11) is 0. The minimum absolute atomic E-state index is 0.582. The summed E-state index contributed by atoms with van der Waals surface area (Å²) in [5, 5.41) is 14.6. The number of hydrogen-bond donors (Lipinski definition) is 1. The van der Waals surface area contributed by atoms with Crippen molar-refractivity contribution in [3.8, 4) is 0 Å². The number of rotatable bonds is 3. The van der Waals surface area contributed by atoms with E-state index in [1.165, 1.54) is 0 Å². The highest BCUT2D eigenvalue weighted by atomic mass is 79.9. The number of aromatic nitrogens is 1. The molecule has 0 bridgehead atoms. The van der Waals surface area contributed by atoms with Gasteiger partial charge in [0.1, 0.15) is 6.10 Å². The van der Waals surface area contributed by atoms with Crippen molar-refractivity contribution in [2.24, 2.45) is 0 Å². The van der Waals surface area contributed by atoms with Gasteiger partial charge < -0.3 is 5.11 Å². The zero-order chi connectivity index (χ0) is 13.2. The molecule has 1 aromatic carbocycles. The van der Waals surface area contributed by atoms with Gasteiger partial charge in [0, 0.05) is 27.4 Å². The number of fused-ring (bicyclic) bond motifs is 1. The predicted molar refractivity (Wildman–Crippen MR) is 82.4 cm³/mol. The fourth-order valence-corrected chi connectivity index (χ4v) is 3.70. The van der Waals surface area contributed by atoms with E-state index in [0.29, 0.717) is 6.42 Å². The van der Waals surface area contributed by atoms with E-state index in [9.17, 15) is 5.11 Å². The third-order valence-corrected chi connectivity index (χ3v) is 5.04. The largest absolute Gasteiger partial charge is 0.386 e. The second kappa shape index (κ2) is 5.41. The van der Waals surface area contributed by atoms with Crippen molar-refractivity contribution in [1.82, 2.24) is 4.98 Å². The van der Waals surface area contributed by atoms with Crippen LogP contribution in [0.5, 0.6) is 0 Å². The molecule has 1 atom stereocenters. The Bertz CT molecular complexity index is 705. The third kappa shape index (κ3) is 2.56. The van der Waals surface area contributed by atoms with Crippen molar-refractivity contribution in [2.75, 3.05) is 0 Å². The van der Waals surface area contributed by atoms with Crippen molar-refractivity contribution in [2.45, 2.75) is 12.5 Å². The summed E-state index contributed by atoms with van der Waals surface area (Å²) in [6.45, 7) is 0. The molecular formula is C15H12BrNOS. The summed E-state index contributed by atoms with van der Waals surface area (Å²) in [4.78, 5) is 5.50. The maximum atomic E-state index is 10.4. The number of aliphatic hydroxyl groups excluding tert-OH is 1. The molecular weight excluding hydrogens is 322 g/mol. The first-order valence-electron chi connectivity index (χ1n) is 5.99. The Hall–Kier alpha value is -1.23. The Morgan fingerprint density at radius 2 is 2.05 bits per heavy atom. The minimum atomic E-state index is -0.582. The average molecular weight is 334 g/mol. The summed E-state index contributed by atoms with van der Waals surface area (Å²) in [6, 6.07) is 12.0. The van der Waals surface area contributed by atoms with Crippen molar-refractivity contribution < 1.29 is 5.11 Å². The molecule has 0 aliphatic carbocycles. The van der Waals surface area contributed by atoms with Crippen LogP contribution in [0.4, 0.5) is 0 Å². The van der Waals surface area contributed by atoms with Gasteiger partial charge in [-0.25, -0.2) is 0 Å². The van der Waals surface area contributed by atoms with Gasteiger partial charge in [0.25, 0.3) is 0 Å². The smallest absolute Gasteiger partial charge is 0.101 e. The van der Waals surface area contributed by atoms with Gasteiger partial charge in [-0.3, -0.25) is 4.98 Å². The van der Waals surface area contributed by atoms with Crippen LogP contribution in [0.15, 0.2) is 52.4 Å². The molecule has 4 heteroatoms. The van der Waals surface area contributed by atoms with E-state index < -0.39 is 6.10 Å². The number of thiophene rings is 1. The normalized spacial score (nSPS) is 12.7. The zero-order valence-corrected chi connectivity index (χ0v) is 12.5. The molecule has 0 aliphatic rings. The molecule has 0 spiro atoms. The van der Waals surface area contributed by atoms with E-state index >= 15 is 0 Å². The molecule has 0 saturated carbocycles. The molecule has 19 heavy (non-hydrogen) atoms. The van der Waals surface area contributed by atoms with Gasteiger partial charge in [-0.2, -0.15) is 0 Å². The Balaban J connectivity index is 1.98. The van der Waals surface area contributed by atoms with Crippen LogP contribution in [0.2, 0.25) is 0 Å². The van der Waals surface area contributed by atoms with Crippen molar-refractivity contribution >= 4 is 38.0 Å². The maximum Gasteiger partial charge on any atom is 0.101 e. The van der Waals surface area contributed by atoms with Crippen LogP contribution in [-0.4, -0.2) is 10.1 Å². The van der Waals surface area contributed by atoms with Crippen LogP contribution in [0.3, 0.4) is 0 Å². The zero-order valence-electron chi connectivity index (χ0n) is 10.1. The van der Waals surface area contributed by atoms with E-state index in [0.717, 1.165) is 25.8 Å². The van der Waals surface area contributed by atoms with Crippen LogP contribution in [0.25, 0.3) is 10.8 Å². The maximum absolute atomic E-state index is 10.4. The lowest BCUT2D eigenvalue weighted by molar-refractivity contribution is 0.176. The lowest BCUT2D eigenvalue weighted by Gasteiger charge is -2.12. The Morgan fingerprint density at radius 1 is 1.21 bits per heavy atom. The average Bonchev–Trinajstić information content (AvgIpc) is 2.83. The van der Waals surface area contributed by atoms with E-state index in [4.69, 9.17) is 0 Å². The van der Waals surface area contributed by atoms with Crippen molar-refractivity contribution in [3.63, 3.8) is 0 Å². The number of aliphatic hydroxyl groups is 1. The first-order chi connectivity index (χ1) is 9.25. The monoisotopic (exact) mass is 333 g/mol. The Labute approximate surface area is 123 Å². The Morgan fingerprint density at radius 3 is 2.84 bits per heavy atom. The lowest BCUT2D eigenvalue weighted by atomic mass is 10.0. The van der Waals surface area contributed by atoms with Gasteiger partial charge in [0.2, 0.25) is 0 Å². The van der Waals surface area contributed by atoms with Gasteiger partial charge in [-0.1, -0.05) is 24.3 Å². The highest BCUT2D eigenvalue weighted by Gasteiger charge is 2.15. The van der Waals surface area contributed by atoms with E-state index in [2.05, 4.69) is 20.9 Å². The first-order valence-corrected chi connectivity index (χ1v) is 7.66. The van der Waals surface area contributed by atoms with E-state index in [1.54, 1.807) is 17.5 Å². The van der Waals surface area contributed by atoms with Gasteiger partial charge >= 0.3 is 0 Å². The molecule has 96 valence electrons. The summed E-state index contributed by atoms with van der Waals surface area (Å²) in [5.41, 5.74) is 0.749. The van der Waals surface area contributed by atoms with Crippen LogP contribution >= 0.6 is 27.3 Å². The second-order valence-electron chi connectivity index (χ2n) is 4.33. The lowest BCUT2D eigenvalue weighted by Crippen LogP contribution is -2.04. The molecule has 3 aromatic rings. The fourth-order valence-electron chi connectivity index (χ4n) is 2.15. The highest BCUT2D eigenvalue weighted by Crippen LogP contribution is 2.30. The summed E-state index contributed by atoms with van der Waals surface area (Å²) in [6.07, 6.45) is 1.75. The van der Waals surface area contributed by atoms with E-state index in [-0.39, 0.29) is 0 Å². The summed E-state index contributed by atoms with van der Waals surface area (Å²) < 4.78 is 1.05. The summed E-state index contributed by atoms with van der Waals surface area (Å²) >= 11 is 5.14. The minimum Gasteiger partial charge on any atom is -0.386 e. The van der Waals surface area contributed by atoms with Gasteiger partial charge in [-0.05, 0) is 38.8 Å². The SMILES string of the molecule is OC(Cc1sccc1Br)c1nccc2ccccc12. The number of pyridine rings is 1. The number of hydrogen-bond acceptors (Lipinski definition) is 3. The highest BCUT2D eigenvalue weighted by molar-refractivity contribution is 9.10. The molecule has 0 saturated heterocycles. The molecule has 0 radical (unpaired) electrons. The number of nitrogens with zero attached hydrogens (tertiary/aromatic N) is 1. The van der Waals surface area contributed by atoms with Crippen LogP contribution < -0.4 is 0 Å². The Kier molecular flexibility index (Phi) is 3.64. The number of benzene rings is 1. The molecule has 1 N–H and O–H groups in total. The molecule has 1 unspecified atom stereocenters. The summed E-state index contributed by atoms with van der Waals surface area (Å²) in [5.74, 6) is 0. The van der Waals surface area contributed by atoms with Gasteiger partial charge in [-0.15, -0.1) is 11.3 Å². The second-order valence-corrected chi connectivity index (χ2v) is 6.18. The predicted octanol–water partition coefficient (Wildman–Crippen LogP) is 4.33. The van der Waals surface area contributed by atoms with Crippen LogP contribution in [-0.2, 0) is 6.42 Å². The van der Waals surface area contributed by atoms with E-state index in [1.807, 2.05) is 41.8 Å². The third-order valence-electron chi connectivity index (χ3n) is 3.09. The molecule has 2 nitrogen and oxygen atoms in total. The molecule has 0 fully saturated rings. The van der Waals surface area contributed by atoms with Crippen molar-refractivity contribution in [3.05, 3.63) is 63.0 Å². The first kappa shape index (κ1) is 12.8. The topological polar surface area (TPSA) is 33.1 Å². The molecule has 0 amide bonds. The van der Waals surface area contributed by atoms with Crippen molar-refractivity contribution in [1.29, 1.82) is 0 Å². The van der Waals surface area contributed by atoms with Gasteiger partial charge in [0.05, 0.1) is 5.69 Å².